The lowest BCUT2D eigenvalue weighted by molar-refractivity contribution is 0.881. The van der Waals surface area contributed by atoms with Gasteiger partial charge < -0.3 is 0 Å². The van der Waals surface area contributed by atoms with E-state index in [0.717, 1.165) is 5.56 Å². The average Bonchev–Trinajstić information content (AvgIpc) is 2.58. The fraction of sp³-hybridized carbons (Fsp3) is 0. The van der Waals surface area contributed by atoms with Gasteiger partial charge in [0.1, 0.15) is 0 Å². The molecule has 0 aromatic carbocycles. The predicted molar refractivity (Wildman–Crippen MR) is 35.2 cm³/mol. The van der Waals surface area contributed by atoms with Crippen LogP contribution in [0.3, 0.4) is 0 Å². The Morgan fingerprint density at radius 1 is 1.27 bits per heavy atom. The van der Waals surface area contributed by atoms with Crippen LogP contribution < -0.4 is 0 Å². The number of rotatable bonds is 1. The second-order valence-electron chi connectivity index (χ2n) is 1.87. The Hall–Kier alpha value is -1.85. The Kier molecular flexibility index (Phi) is 1.29. The Morgan fingerprint density at radius 2 is 2.27 bits per heavy atom. The highest BCUT2D eigenvalue weighted by molar-refractivity contribution is 5.50. The largest absolute Gasteiger partial charge is 0.206 e. The molecule has 0 saturated heterocycles. The molecule has 0 saturated carbocycles. The molecule has 0 spiro atoms. The molecule has 6 nitrogen and oxygen atoms in total. The Balaban J connectivity index is 2.46. The molecular formula is C5H4N6. The Morgan fingerprint density at radius 3 is 2.91 bits per heavy atom. The van der Waals surface area contributed by atoms with Crippen LogP contribution in [0.15, 0.2) is 18.5 Å². The van der Waals surface area contributed by atoms with Crippen molar-refractivity contribution in [3.63, 3.8) is 0 Å². The summed E-state index contributed by atoms with van der Waals surface area (Å²) in [5.74, 6) is 0.528. The molecule has 54 valence electrons. The zero-order valence-electron chi connectivity index (χ0n) is 5.47. The van der Waals surface area contributed by atoms with Crippen LogP contribution in [0, 0.1) is 0 Å². The number of hydrogen-bond acceptors (Lipinski definition) is 5. The van der Waals surface area contributed by atoms with Gasteiger partial charge in [-0.2, -0.15) is 15.4 Å². The standard InChI is InChI=1S/C5H4N6/c1-2-6-7-3-4(1)5-8-10-11-9-5/h1-3H,(H,8,9,10,11). The predicted octanol–water partition coefficient (Wildman–Crippen LogP) is -0.343. The van der Waals surface area contributed by atoms with E-state index >= 15 is 0 Å². The summed E-state index contributed by atoms with van der Waals surface area (Å²) < 4.78 is 0. The van der Waals surface area contributed by atoms with Crippen molar-refractivity contribution in [2.24, 2.45) is 0 Å². The molecule has 6 heteroatoms. The monoisotopic (exact) mass is 148 g/mol. The van der Waals surface area contributed by atoms with Crippen molar-refractivity contribution in [3.05, 3.63) is 18.5 Å². The van der Waals surface area contributed by atoms with Gasteiger partial charge in [0.05, 0.1) is 12.4 Å². The van der Waals surface area contributed by atoms with E-state index in [1.165, 1.54) is 0 Å². The maximum atomic E-state index is 3.77. The molecule has 2 heterocycles. The van der Waals surface area contributed by atoms with Gasteiger partial charge in [0.2, 0.25) is 5.82 Å². The number of nitrogens with zero attached hydrogens (tertiary/aromatic N) is 5. The van der Waals surface area contributed by atoms with E-state index in [4.69, 9.17) is 0 Å². The molecule has 2 aromatic heterocycles. The zero-order chi connectivity index (χ0) is 7.52. The minimum Gasteiger partial charge on any atom is -0.177 e. The molecule has 1 N–H and O–H groups in total. The minimum atomic E-state index is 0.528. The summed E-state index contributed by atoms with van der Waals surface area (Å²) >= 11 is 0. The minimum absolute atomic E-state index is 0.528. The quantitative estimate of drug-likeness (QED) is 0.598. The van der Waals surface area contributed by atoms with Gasteiger partial charge in [-0.05, 0) is 11.3 Å². The van der Waals surface area contributed by atoms with E-state index < -0.39 is 0 Å². The molecule has 0 unspecified atom stereocenters. The third kappa shape index (κ3) is 1.05. The number of tetrazole rings is 1. The van der Waals surface area contributed by atoms with Crippen LogP contribution >= 0.6 is 0 Å². The molecule has 0 aliphatic heterocycles. The first-order valence-electron chi connectivity index (χ1n) is 2.97. The molecule has 11 heavy (non-hydrogen) atoms. The van der Waals surface area contributed by atoms with E-state index in [-0.39, 0.29) is 0 Å². The fourth-order valence-corrected chi connectivity index (χ4v) is 0.707. The second kappa shape index (κ2) is 2.41. The van der Waals surface area contributed by atoms with Gasteiger partial charge >= 0.3 is 0 Å². The summed E-state index contributed by atoms with van der Waals surface area (Å²) in [4.78, 5) is 0. The van der Waals surface area contributed by atoms with Gasteiger partial charge in [0, 0.05) is 5.56 Å². The molecule has 0 aliphatic carbocycles. The summed E-state index contributed by atoms with van der Waals surface area (Å²) in [5, 5.41) is 20.6. The molecule has 0 amide bonds. The molecule has 0 fully saturated rings. The van der Waals surface area contributed by atoms with Crippen molar-refractivity contribution >= 4 is 0 Å². The fourth-order valence-electron chi connectivity index (χ4n) is 0.707. The van der Waals surface area contributed by atoms with Crippen LogP contribution in [-0.2, 0) is 0 Å². The number of H-pyrrole nitrogens is 1. The highest BCUT2D eigenvalue weighted by atomic mass is 15.5. The molecule has 2 rings (SSSR count). The van der Waals surface area contributed by atoms with Crippen molar-refractivity contribution < 1.29 is 0 Å². The van der Waals surface area contributed by atoms with Gasteiger partial charge in [-0.15, -0.1) is 10.2 Å². The Bertz CT molecular complexity index is 314. The zero-order valence-corrected chi connectivity index (χ0v) is 5.47. The number of aromatic nitrogens is 6. The van der Waals surface area contributed by atoms with Crippen LogP contribution in [0.25, 0.3) is 11.4 Å². The molecular weight excluding hydrogens is 144 g/mol. The topological polar surface area (TPSA) is 80.2 Å². The number of aromatic amines is 1. The molecule has 0 bridgehead atoms. The summed E-state index contributed by atoms with van der Waals surface area (Å²) in [6.07, 6.45) is 3.15. The van der Waals surface area contributed by atoms with E-state index in [2.05, 4.69) is 30.8 Å². The van der Waals surface area contributed by atoms with Crippen LogP contribution in [0.1, 0.15) is 0 Å². The summed E-state index contributed by atoms with van der Waals surface area (Å²) in [6.45, 7) is 0. The smallest absolute Gasteiger partial charge is 0.177 e. The normalized spacial score (nSPS) is 9.82. The lowest BCUT2D eigenvalue weighted by Gasteiger charge is -1.87. The van der Waals surface area contributed by atoms with E-state index in [0.29, 0.717) is 5.82 Å². The Labute approximate surface area is 61.7 Å². The number of nitrogens with one attached hydrogen (secondary N) is 1. The molecule has 0 radical (unpaired) electrons. The van der Waals surface area contributed by atoms with Crippen molar-refractivity contribution in [1.29, 1.82) is 0 Å². The van der Waals surface area contributed by atoms with E-state index in [1.54, 1.807) is 18.5 Å². The van der Waals surface area contributed by atoms with Crippen molar-refractivity contribution in [2.75, 3.05) is 0 Å². The molecule has 0 aliphatic rings. The highest BCUT2D eigenvalue weighted by Crippen LogP contribution is 2.07. The van der Waals surface area contributed by atoms with Gasteiger partial charge in [0.15, 0.2) is 0 Å². The van der Waals surface area contributed by atoms with Gasteiger partial charge in [-0.25, -0.2) is 0 Å². The average molecular weight is 148 g/mol. The molecule has 0 atom stereocenters. The van der Waals surface area contributed by atoms with Gasteiger partial charge in [-0.3, -0.25) is 0 Å². The lowest BCUT2D eigenvalue weighted by Crippen LogP contribution is -1.83. The first-order valence-corrected chi connectivity index (χ1v) is 2.97. The van der Waals surface area contributed by atoms with Crippen molar-refractivity contribution in [2.45, 2.75) is 0 Å². The maximum Gasteiger partial charge on any atom is 0.206 e. The van der Waals surface area contributed by atoms with E-state index in [9.17, 15) is 0 Å². The summed E-state index contributed by atoms with van der Waals surface area (Å²) in [7, 11) is 0. The third-order valence-electron chi connectivity index (χ3n) is 1.19. The SMILES string of the molecule is c1cc(-c2nn[nH]n2)cnn1. The van der Waals surface area contributed by atoms with E-state index in [1.807, 2.05) is 0 Å². The van der Waals surface area contributed by atoms with Crippen molar-refractivity contribution in [3.8, 4) is 11.4 Å². The van der Waals surface area contributed by atoms with Crippen molar-refractivity contribution in [1.82, 2.24) is 30.8 Å². The first-order chi connectivity index (χ1) is 5.47. The maximum absolute atomic E-state index is 3.77. The van der Waals surface area contributed by atoms with Gasteiger partial charge in [-0.1, -0.05) is 0 Å². The van der Waals surface area contributed by atoms with Crippen LogP contribution in [0.4, 0.5) is 0 Å². The summed E-state index contributed by atoms with van der Waals surface area (Å²) in [6, 6.07) is 1.76. The second-order valence-corrected chi connectivity index (χ2v) is 1.87. The van der Waals surface area contributed by atoms with Crippen LogP contribution in [-0.4, -0.2) is 30.8 Å². The first kappa shape index (κ1) is 5.90. The summed E-state index contributed by atoms with van der Waals surface area (Å²) in [5.41, 5.74) is 0.800. The molecule has 2 aromatic rings. The number of hydrogen-bond donors (Lipinski definition) is 1. The van der Waals surface area contributed by atoms with Crippen LogP contribution in [0.5, 0.6) is 0 Å². The van der Waals surface area contributed by atoms with Gasteiger partial charge in [0.25, 0.3) is 0 Å². The lowest BCUT2D eigenvalue weighted by atomic mass is 10.3. The highest BCUT2D eigenvalue weighted by Gasteiger charge is 1.99. The van der Waals surface area contributed by atoms with Crippen LogP contribution in [0.2, 0.25) is 0 Å². The third-order valence-corrected chi connectivity index (χ3v) is 1.19.